The number of thiocarbonyl (C=S) groups is 1. The molecule has 2 N–H and O–H groups in total. The van der Waals surface area contributed by atoms with Crippen LogP contribution in [0.2, 0.25) is 0 Å². The van der Waals surface area contributed by atoms with E-state index < -0.39 is 0 Å². The summed E-state index contributed by atoms with van der Waals surface area (Å²) in [5.74, 6) is 0.0868. The molecule has 1 fully saturated rings. The molecular weight excluding hydrogens is 380 g/mol. The maximum absolute atomic E-state index is 12.3. The predicted molar refractivity (Wildman–Crippen MR) is 123 cm³/mol. The van der Waals surface area contributed by atoms with E-state index in [0.717, 1.165) is 56.2 Å². The Balaban J connectivity index is 1.34. The van der Waals surface area contributed by atoms with Crippen LogP contribution < -0.4 is 10.6 Å². The van der Waals surface area contributed by atoms with Crippen LogP contribution in [0.1, 0.15) is 44.1 Å². The van der Waals surface area contributed by atoms with Crippen molar-refractivity contribution in [2.45, 2.75) is 45.1 Å². The molecule has 0 bridgehead atoms. The minimum Gasteiger partial charge on any atom is -0.362 e. The molecule has 1 saturated heterocycles. The van der Waals surface area contributed by atoms with Crippen molar-refractivity contribution < 1.29 is 4.79 Å². The van der Waals surface area contributed by atoms with E-state index in [1.807, 2.05) is 30.3 Å². The number of nitrogens with zero attached hydrogens (tertiary/aromatic N) is 2. The van der Waals surface area contributed by atoms with E-state index in [4.69, 9.17) is 12.2 Å². The van der Waals surface area contributed by atoms with Crippen LogP contribution in [0.5, 0.6) is 0 Å². The fourth-order valence-electron chi connectivity index (χ4n) is 3.96. The zero-order chi connectivity index (χ0) is 20.3. The first-order chi connectivity index (χ1) is 14.2. The van der Waals surface area contributed by atoms with Gasteiger partial charge in [0, 0.05) is 39.3 Å². The molecule has 3 rings (SSSR count). The van der Waals surface area contributed by atoms with Crippen LogP contribution >= 0.6 is 12.2 Å². The number of carbonyl (C=O) groups is 1. The molecule has 0 aromatic heterocycles. The zero-order valence-corrected chi connectivity index (χ0v) is 18.2. The molecule has 1 aromatic rings. The Kier molecular flexibility index (Phi) is 8.96. The van der Waals surface area contributed by atoms with Gasteiger partial charge in [0.2, 0.25) is 5.91 Å². The molecule has 0 atom stereocenters. The van der Waals surface area contributed by atoms with Crippen molar-refractivity contribution in [3.05, 3.63) is 47.5 Å². The summed E-state index contributed by atoms with van der Waals surface area (Å²) >= 11 is 5.62. The van der Waals surface area contributed by atoms with E-state index in [2.05, 4.69) is 26.5 Å². The Morgan fingerprint density at radius 2 is 1.86 bits per heavy atom. The molecule has 5 nitrogen and oxygen atoms in total. The number of allylic oxidation sites excluding steroid dienone is 1. The van der Waals surface area contributed by atoms with E-state index in [0.29, 0.717) is 13.1 Å². The maximum atomic E-state index is 12.3. The van der Waals surface area contributed by atoms with E-state index in [1.165, 1.54) is 25.7 Å². The van der Waals surface area contributed by atoms with Crippen LogP contribution in [-0.2, 0) is 11.3 Å². The molecule has 2 aliphatic rings. The lowest BCUT2D eigenvalue weighted by Crippen LogP contribution is -2.43. The van der Waals surface area contributed by atoms with E-state index >= 15 is 0 Å². The number of benzene rings is 1. The third-order valence-electron chi connectivity index (χ3n) is 5.68. The third-order valence-corrected chi connectivity index (χ3v) is 6.09. The Labute approximate surface area is 180 Å². The van der Waals surface area contributed by atoms with Crippen molar-refractivity contribution in [1.29, 1.82) is 0 Å². The summed E-state index contributed by atoms with van der Waals surface area (Å²) in [6.45, 7) is 5.60. The Bertz CT molecular complexity index is 691. The maximum Gasteiger partial charge on any atom is 0.234 e. The Morgan fingerprint density at radius 3 is 2.66 bits per heavy atom. The minimum atomic E-state index is 0.0868. The molecule has 0 radical (unpaired) electrons. The SMILES string of the molecule is O=C(CN1CCCN(C(=S)NCCC2=CCCCC2)CC1)NCc1ccccc1. The second kappa shape index (κ2) is 11.9. The molecule has 0 spiro atoms. The van der Waals surface area contributed by atoms with E-state index in [1.54, 1.807) is 5.57 Å². The van der Waals surface area contributed by atoms with Crippen molar-refractivity contribution in [3.63, 3.8) is 0 Å². The molecule has 29 heavy (non-hydrogen) atoms. The summed E-state index contributed by atoms with van der Waals surface area (Å²) in [6.07, 6.45) is 9.68. The van der Waals surface area contributed by atoms with Crippen molar-refractivity contribution in [2.75, 3.05) is 39.3 Å². The fourth-order valence-corrected chi connectivity index (χ4v) is 4.25. The van der Waals surface area contributed by atoms with Gasteiger partial charge in [-0.15, -0.1) is 0 Å². The lowest BCUT2D eigenvalue weighted by atomic mass is 9.97. The first-order valence-corrected chi connectivity index (χ1v) is 11.4. The molecule has 6 heteroatoms. The first-order valence-electron chi connectivity index (χ1n) is 10.9. The van der Waals surface area contributed by atoms with Crippen LogP contribution in [-0.4, -0.2) is 60.1 Å². The first kappa shape index (κ1) is 21.8. The second-order valence-corrected chi connectivity index (χ2v) is 8.36. The number of amides is 1. The Hall–Kier alpha value is -1.92. The number of rotatable bonds is 7. The van der Waals surface area contributed by atoms with E-state index in [-0.39, 0.29) is 5.91 Å². The molecule has 158 valence electrons. The summed E-state index contributed by atoms with van der Waals surface area (Å²) in [4.78, 5) is 16.8. The number of nitrogens with one attached hydrogen (secondary N) is 2. The van der Waals surface area contributed by atoms with Crippen molar-refractivity contribution in [3.8, 4) is 0 Å². The van der Waals surface area contributed by atoms with Crippen LogP contribution in [0.15, 0.2) is 42.0 Å². The fraction of sp³-hybridized carbons (Fsp3) is 0.565. The highest BCUT2D eigenvalue weighted by molar-refractivity contribution is 7.80. The number of hydrogen-bond acceptors (Lipinski definition) is 3. The molecular formula is C23H34N4OS. The molecule has 0 saturated carbocycles. The van der Waals surface area contributed by atoms with Gasteiger partial charge in [-0.05, 0) is 56.3 Å². The van der Waals surface area contributed by atoms with Gasteiger partial charge in [0.1, 0.15) is 0 Å². The van der Waals surface area contributed by atoms with Crippen LogP contribution in [0.25, 0.3) is 0 Å². The quantitative estimate of drug-likeness (QED) is 0.530. The van der Waals surface area contributed by atoms with Gasteiger partial charge in [-0.25, -0.2) is 0 Å². The molecule has 1 aliphatic carbocycles. The lowest BCUT2D eigenvalue weighted by molar-refractivity contribution is -0.122. The highest BCUT2D eigenvalue weighted by atomic mass is 32.1. The zero-order valence-electron chi connectivity index (χ0n) is 17.4. The molecule has 1 aromatic carbocycles. The summed E-state index contributed by atoms with van der Waals surface area (Å²) in [6, 6.07) is 10.0. The van der Waals surface area contributed by atoms with Gasteiger partial charge < -0.3 is 15.5 Å². The molecule has 1 aliphatic heterocycles. The molecule has 1 heterocycles. The van der Waals surface area contributed by atoms with Crippen LogP contribution in [0.3, 0.4) is 0 Å². The molecule has 0 unspecified atom stereocenters. The van der Waals surface area contributed by atoms with Crippen molar-refractivity contribution >= 4 is 23.2 Å². The topological polar surface area (TPSA) is 47.6 Å². The molecule has 1 amide bonds. The van der Waals surface area contributed by atoms with Crippen molar-refractivity contribution in [1.82, 2.24) is 20.4 Å². The third kappa shape index (κ3) is 7.78. The Morgan fingerprint density at radius 1 is 1.00 bits per heavy atom. The smallest absolute Gasteiger partial charge is 0.234 e. The summed E-state index contributed by atoms with van der Waals surface area (Å²) in [7, 11) is 0. The van der Waals surface area contributed by atoms with Gasteiger partial charge in [-0.2, -0.15) is 0 Å². The minimum absolute atomic E-state index is 0.0868. The van der Waals surface area contributed by atoms with Gasteiger partial charge >= 0.3 is 0 Å². The monoisotopic (exact) mass is 414 g/mol. The van der Waals surface area contributed by atoms with Crippen LogP contribution in [0.4, 0.5) is 0 Å². The van der Waals surface area contributed by atoms with Gasteiger partial charge in [-0.3, -0.25) is 9.69 Å². The van der Waals surface area contributed by atoms with Crippen molar-refractivity contribution in [2.24, 2.45) is 0 Å². The predicted octanol–water partition coefficient (Wildman–Crippen LogP) is 3.08. The van der Waals surface area contributed by atoms with Crippen LogP contribution in [0, 0.1) is 0 Å². The second-order valence-electron chi connectivity index (χ2n) is 7.97. The highest BCUT2D eigenvalue weighted by Gasteiger charge is 2.18. The average Bonchev–Trinajstić information content (AvgIpc) is 2.99. The lowest BCUT2D eigenvalue weighted by Gasteiger charge is -2.25. The summed E-state index contributed by atoms with van der Waals surface area (Å²) < 4.78 is 0. The average molecular weight is 415 g/mol. The van der Waals surface area contributed by atoms with E-state index in [9.17, 15) is 4.79 Å². The largest absolute Gasteiger partial charge is 0.362 e. The highest BCUT2D eigenvalue weighted by Crippen LogP contribution is 2.19. The summed E-state index contributed by atoms with van der Waals surface area (Å²) in [5, 5.41) is 7.32. The van der Waals surface area contributed by atoms with Gasteiger partial charge in [0.05, 0.1) is 6.54 Å². The normalized spacial score (nSPS) is 17.9. The number of hydrogen-bond donors (Lipinski definition) is 2. The van der Waals surface area contributed by atoms with Gasteiger partial charge in [-0.1, -0.05) is 42.0 Å². The van der Waals surface area contributed by atoms with Gasteiger partial charge in [0.25, 0.3) is 0 Å². The van der Waals surface area contributed by atoms with Gasteiger partial charge in [0.15, 0.2) is 5.11 Å². The summed E-state index contributed by atoms with van der Waals surface area (Å²) in [5.41, 5.74) is 2.71. The number of carbonyl (C=O) groups excluding carboxylic acids is 1. The standard InChI is InChI=1S/C23H34N4OS/c28-22(25-18-21-10-5-2-6-11-21)19-26-14-7-15-27(17-16-26)23(29)24-13-12-20-8-3-1-4-9-20/h2,5-6,8,10-11H,1,3-4,7,9,12-19H2,(H,24,29)(H,25,28).